The van der Waals surface area contributed by atoms with Crippen LogP contribution in [0.4, 0.5) is 5.69 Å². The van der Waals surface area contributed by atoms with E-state index >= 15 is 0 Å². The number of carbonyl (C=O) groups excluding carboxylic acids is 1. The molecular weight excluding hydrogens is 332 g/mol. The molecule has 7 heteroatoms. The number of benzene rings is 1. The van der Waals surface area contributed by atoms with E-state index in [4.69, 9.17) is 25.8 Å². The van der Waals surface area contributed by atoms with Crippen LogP contribution in [0.15, 0.2) is 36.5 Å². The molecule has 0 saturated carbocycles. The molecule has 0 fully saturated rings. The molecule has 0 spiro atoms. The average molecular weight is 349 g/mol. The molecule has 6 nitrogen and oxygen atoms in total. The van der Waals surface area contributed by atoms with E-state index in [1.807, 2.05) is 6.07 Å². The lowest BCUT2D eigenvalue weighted by Gasteiger charge is -2.11. The summed E-state index contributed by atoms with van der Waals surface area (Å²) in [6.07, 6.45) is 1.46. The molecule has 1 aliphatic rings. The first kappa shape index (κ1) is 16.5. The minimum Gasteiger partial charge on any atom is -0.480 e. The van der Waals surface area contributed by atoms with Crippen LogP contribution in [0.2, 0.25) is 5.02 Å². The molecule has 1 atom stereocenters. The minimum atomic E-state index is -0.573. The molecule has 0 radical (unpaired) electrons. The first-order chi connectivity index (χ1) is 11.7. The normalized spacial score (nSPS) is 15.5. The van der Waals surface area contributed by atoms with Gasteiger partial charge in [-0.2, -0.15) is 0 Å². The monoisotopic (exact) mass is 348 g/mol. The number of methoxy groups -OCH3 is 1. The van der Waals surface area contributed by atoms with Gasteiger partial charge in [0.25, 0.3) is 5.91 Å². The number of nitrogens with one attached hydrogen (secondary N) is 1. The van der Waals surface area contributed by atoms with E-state index in [0.29, 0.717) is 42.0 Å². The molecule has 1 aromatic carbocycles. The van der Waals surface area contributed by atoms with Crippen molar-refractivity contribution in [1.82, 2.24) is 4.98 Å². The fourth-order valence-corrected chi connectivity index (χ4v) is 2.55. The fraction of sp³-hybridized carbons (Fsp3) is 0.294. The number of halogens is 1. The lowest BCUT2D eigenvalue weighted by Crippen LogP contribution is -2.31. The highest BCUT2D eigenvalue weighted by molar-refractivity contribution is 6.30. The van der Waals surface area contributed by atoms with Crippen LogP contribution in [-0.4, -0.2) is 37.3 Å². The standard InChI is InChI=1S/C17H17ClN2O4/c1-22-6-7-23-16-5-3-13(10-19-16)20-17(21)15-9-11-8-12(18)2-4-14(11)24-15/h2-5,8,10,15H,6-7,9H2,1H3,(H,20,21)/t15-/m0/s1. The van der Waals surface area contributed by atoms with Crippen molar-refractivity contribution < 1.29 is 19.0 Å². The third kappa shape index (κ3) is 3.96. The van der Waals surface area contributed by atoms with Crippen molar-refractivity contribution in [2.75, 3.05) is 25.6 Å². The maximum Gasteiger partial charge on any atom is 0.265 e. The molecule has 0 aliphatic carbocycles. The second-order valence-electron chi connectivity index (χ2n) is 5.28. The molecule has 0 unspecified atom stereocenters. The first-order valence-electron chi connectivity index (χ1n) is 7.49. The van der Waals surface area contributed by atoms with Crippen LogP contribution >= 0.6 is 11.6 Å². The Kier molecular flexibility index (Phi) is 5.17. The molecular formula is C17H17ClN2O4. The molecule has 0 saturated heterocycles. The summed E-state index contributed by atoms with van der Waals surface area (Å²) < 4.78 is 15.9. The third-order valence-electron chi connectivity index (χ3n) is 3.53. The summed E-state index contributed by atoms with van der Waals surface area (Å²) in [4.78, 5) is 16.4. The number of fused-ring (bicyclic) bond motifs is 1. The van der Waals surface area contributed by atoms with E-state index in [1.165, 1.54) is 0 Å². The average Bonchev–Trinajstić information content (AvgIpc) is 3.00. The molecule has 1 aliphatic heterocycles. The smallest absolute Gasteiger partial charge is 0.265 e. The van der Waals surface area contributed by atoms with Gasteiger partial charge in [0.1, 0.15) is 12.4 Å². The number of pyridine rings is 1. The summed E-state index contributed by atoms with van der Waals surface area (Å²) in [5, 5.41) is 3.42. The predicted molar refractivity (Wildman–Crippen MR) is 89.8 cm³/mol. The molecule has 126 valence electrons. The van der Waals surface area contributed by atoms with Crippen LogP contribution in [0.5, 0.6) is 11.6 Å². The van der Waals surface area contributed by atoms with E-state index in [1.54, 1.807) is 37.6 Å². The summed E-state index contributed by atoms with van der Waals surface area (Å²) in [7, 11) is 1.60. The van der Waals surface area contributed by atoms with Gasteiger partial charge in [0.2, 0.25) is 5.88 Å². The first-order valence-corrected chi connectivity index (χ1v) is 7.87. The fourth-order valence-electron chi connectivity index (χ4n) is 2.36. The number of nitrogens with zero attached hydrogens (tertiary/aromatic N) is 1. The van der Waals surface area contributed by atoms with Crippen LogP contribution in [0, 0.1) is 0 Å². The third-order valence-corrected chi connectivity index (χ3v) is 3.77. The zero-order valence-electron chi connectivity index (χ0n) is 13.1. The van der Waals surface area contributed by atoms with Crippen LogP contribution in [0.25, 0.3) is 0 Å². The van der Waals surface area contributed by atoms with Crippen LogP contribution in [0.1, 0.15) is 5.56 Å². The number of carbonyl (C=O) groups is 1. The van der Waals surface area contributed by atoms with E-state index in [-0.39, 0.29) is 5.91 Å². The van der Waals surface area contributed by atoms with Crippen molar-refractivity contribution in [2.45, 2.75) is 12.5 Å². The lowest BCUT2D eigenvalue weighted by atomic mass is 10.1. The molecule has 24 heavy (non-hydrogen) atoms. The summed E-state index contributed by atoms with van der Waals surface area (Å²) in [6, 6.07) is 8.75. The van der Waals surface area contributed by atoms with Gasteiger partial charge in [-0.05, 0) is 29.8 Å². The van der Waals surface area contributed by atoms with Gasteiger partial charge in [0, 0.05) is 24.6 Å². The van der Waals surface area contributed by atoms with Crippen molar-refractivity contribution in [3.05, 3.63) is 47.1 Å². The van der Waals surface area contributed by atoms with Crippen LogP contribution in [0.3, 0.4) is 0 Å². The van der Waals surface area contributed by atoms with Crippen molar-refractivity contribution >= 4 is 23.2 Å². The van der Waals surface area contributed by atoms with Crippen molar-refractivity contribution in [3.63, 3.8) is 0 Å². The highest BCUT2D eigenvalue weighted by atomic mass is 35.5. The van der Waals surface area contributed by atoms with E-state index < -0.39 is 6.10 Å². The SMILES string of the molecule is COCCOc1ccc(NC(=O)[C@@H]2Cc3cc(Cl)ccc3O2)cn1. The highest BCUT2D eigenvalue weighted by Crippen LogP contribution is 2.31. The Hall–Kier alpha value is -2.31. The molecule has 0 bridgehead atoms. The van der Waals surface area contributed by atoms with Gasteiger partial charge in [-0.1, -0.05) is 11.6 Å². The maximum absolute atomic E-state index is 12.3. The molecule has 1 N–H and O–H groups in total. The molecule has 1 amide bonds. The number of amides is 1. The Bertz CT molecular complexity index is 721. The molecule has 2 aromatic rings. The Morgan fingerprint density at radius 3 is 3.00 bits per heavy atom. The largest absolute Gasteiger partial charge is 0.480 e. The zero-order chi connectivity index (χ0) is 16.9. The van der Waals surface area contributed by atoms with Gasteiger partial charge >= 0.3 is 0 Å². The predicted octanol–water partition coefficient (Wildman–Crippen LogP) is 2.70. The molecule has 2 heterocycles. The summed E-state index contributed by atoms with van der Waals surface area (Å²) in [6.45, 7) is 0.912. The van der Waals surface area contributed by atoms with Gasteiger partial charge in [0.05, 0.1) is 18.5 Å². The van der Waals surface area contributed by atoms with E-state index in [0.717, 1.165) is 5.56 Å². The second kappa shape index (κ2) is 7.51. The number of rotatable bonds is 6. The van der Waals surface area contributed by atoms with Crippen LogP contribution < -0.4 is 14.8 Å². The quantitative estimate of drug-likeness (QED) is 0.813. The minimum absolute atomic E-state index is 0.225. The summed E-state index contributed by atoms with van der Waals surface area (Å²) in [5.74, 6) is 0.945. The number of ether oxygens (including phenoxy) is 3. The van der Waals surface area contributed by atoms with Crippen molar-refractivity contribution in [2.24, 2.45) is 0 Å². The topological polar surface area (TPSA) is 69.7 Å². The Balaban J connectivity index is 1.56. The van der Waals surface area contributed by atoms with E-state index in [2.05, 4.69) is 10.3 Å². The van der Waals surface area contributed by atoms with Crippen LogP contribution in [-0.2, 0) is 16.0 Å². The van der Waals surface area contributed by atoms with Gasteiger partial charge in [-0.15, -0.1) is 0 Å². The van der Waals surface area contributed by atoms with Gasteiger partial charge in [-0.25, -0.2) is 4.98 Å². The molecule has 1 aromatic heterocycles. The number of hydrogen-bond acceptors (Lipinski definition) is 5. The van der Waals surface area contributed by atoms with E-state index in [9.17, 15) is 4.79 Å². The maximum atomic E-state index is 12.3. The van der Waals surface area contributed by atoms with Gasteiger partial charge in [-0.3, -0.25) is 4.79 Å². The summed E-state index contributed by atoms with van der Waals surface area (Å²) in [5.41, 5.74) is 1.51. The van der Waals surface area contributed by atoms with Crippen molar-refractivity contribution in [1.29, 1.82) is 0 Å². The number of aromatic nitrogens is 1. The number of hydrogen-bond donors (Lipinski definition) is 1. The Labute approximate surface area is 144 Å². The van der Waals surface area contributed by atoms with Gasteiger partial charge in [0.15, 0.2) is 6.10 Å². The lowest BCUT2D eigenvalue weighted by molar-refractivity contribution is -0.122. The second-order valence-corrected chi connectivity index (χ2v) is 5.71. The highest BCUT2D eigenvalue weighted by Gasteiger charge is 2.29. The van der Waals surface area contributed by atoms with Crippen molar-refractivity contribution in [3.8, 4) is 11.6 Å². The Morgan fingerprint density at radius 1 is 1.38 bits per heavy atom. The molecule has 3 rings (SSSR count). The zero-order valence-corrected chi connectivity index (χ0v) is 13.9. The van der Waals surface area contributed by atoms with Gasteiger partial charge < -0.3 is 19.5 Å². The number of anilines is 1. The summed E-state index contributed by atoms with van der Waals surface area (Å²) >= 11 is 5.96. The Morgan fingerprint density at radius 2 is 2.25 bits per heavy atom.